The van der Waals surface area contributed by atoms with Crippen LogP contribution in [0.4, 0.5) is 10.5 Å². The summed E-state index contributed by atoms with van der Waals surface area (Å²) in [5.74, 6) is -0.127. The first kappa shape index (κ1) is 13.4. The lowest BCUT2D eigenvalue weighted by Crippen LogP contribution is -2.62. The predicted octanol–water partition coefficient (Wildman–Crippen LogP) is 3.49. The molecule has 3 amide bonds. The zero-order valence-corrected chi connectivity index (χ0v) is 11.9. The highest BCUT2D eigenvalue weighted by atomic mass is 35.5. The average molecular weight is 293 g/mol. The van der Waals surface area contributed by atoms with E-state index in [1.54, 1.807) is 24.3 Å². The highest BCUT2D eigenvalue weighted by Crippen LogP contribution is 2.35. The fraction of sp³-hybridized carbons (Fsp3) is 0.467. The van der Waals surface area contributed by atoms with Gasteiger partial charge in [-0.15, -0.1) is 0 Å². The largest absolute Gasteiger partial charge is 0.331 e. The minimum Gasteiger partial charge on any atom is -0.331 e. The van der Waals surface area contributed by atoms with Crippen molar-refractivity contribution in [2.45, 2.75) is 44.1 Å². The Labute approximate surface area is 123 Å². The van der Waals surface area contributed by atoms with Crippen LogP contribution in [0.3, 0.4) is 0 Å². The van der Waals surface area contributed by atoms with Gasteiger partial charge in [-0.25, -0.2) is 9.69 Å². The van der Waals surface area contributed by atoms with Crippen LogP contribution in [0.1, 0.15) is 38.5 Å². The Balaban J connectivity index is 1.83. The Hall–Kier alpha value is -1.55. The summed E-state index contributed by atoms with van der Waals surface area (Å²) in [4.78, 5) is 25.9. The van der Waals surface area contributed by atoms with E-state index >= 15 is 0 Å². The van der Waals surface area contributed by atoms with Crippen LogP contribution in [0.2, 0.25) is 5.02 Å². The molecule has 0 bridgehead atoms. The molecular formula is C15H17ClN2O2. The fourth-order valence-corrected chi connectivity index (χ4v) is 3.32. The first-order valence-corrected chi connectivity index (χ1v) is 7.38. The maximum absolute atomic E-state index is 12.4. The number of hydrogen-bond donors (Lipinski definition) is 1. The second kappa shape index (κ2) is 5.09. The van der Waals surface area contributed by atoms with E-state index < -0.39 is 0 Å². The topological polar surface area (TPSA) is 49.4 Å². The highest BCUT2D eigenvalue weighted by Gasteiger charge is 2.43. The number of imide groups is 1. The Morgan fingerprint density at radius 2 is 1.70 bits per heavy atom. The van der Waals surface area contributed by atoms with E-state index in [1.165, 1.54) is 11.3 Å². The zero-order chi connectivity index (χ0) is 14.2. The van der Waals surface area contributed by atoms with Crippen LogP contribution in [0.15, 0.2) is 24.3 Å². The number of urea groups is 1. The molecule has 0 aromatic heterocycles. The Morgan fingerprint density at radius 3 is 2.30 bits per heavy atom. The quantitative estimate of drug-likeness (QED) is 0.861. The molecule has 1 saturated carbocycles. The molecule has 0 radical (unpaired) electrons. The normalized spacial score (nSPS) is 21.9. The van der Waals surface area contributed by atoms with E-state index in [0.717, 1.165) is 25.7 Å². The number of halogens is 1. The number of rotatable bonds is 1. The Bertz CT molecular complexity index is 515. The van der Waals surface area contributed by atoms with Crippen molar-refractivity contribution in [3.05, 3.63) is 29.3 Å². The van der Waals surface area contributed by atoms with Crippen molar-refractivity contribution in [1.29, 1.82) is 0 Å². The summed E-state index contributed by atoms with van der Waals surface area (Å²) in [5, 5.41) is 3.64. The molecule has 0 atom stereocenters. The lowest BCUT2D eigenvalue weighted by atomic mass is 9.78. The Morgan fingerprint density at radius 1 is 1.05 bits per heavy atom. The number of carbonyl (C=O) groups is 2. The second-order valence-corrected chi connectivity index (χ2v) is 6.09. The molecule has 2 aliphatic rings. The van der Waals surface area contributed by atoms with Crippen LogP contribution in [-0.4, -0.2) is 17.5 Å². The SMILES string of the molecule is O=C1CC2(CCCCC2)NC(=O)N1c1ccc(Cl)cc1. The molecular weight excluding hydrogens is 276 g/mol. The molecule has 2 fully saturated rings. The molecule has 5 heteroatoms. The number of nitrogens with one attached hydrogen (secondary N) is 1. The van der Waals surface area contributed by atoms with Gasteiger partial charge in [-0.3, -0.25) is 4.79 Å². The smallest absolute Gasteiger partial charge is 0.329 e. The van der Waals surface area contributed by atoms with Gasteiger partial charge in [0.25, 0.3) is 0 Å². The summed E-state index contributed by atoms with van der Waals surface area (Å²) in [6.45, 7) is 0. The maximum atomic E-state index is 12.4. The van der Waals surface area contributed by atoms with E-state index in [1.807, 2.05) is 0 Å². The summed E-state index contributed by atoms with van der Waals surface area (Å²) in [7, 11) is 0. The third kappa shape index (κ3) is 2.40. The van der Waals surface area contributed by atoms with Gasteiger partial charge in [0, 0.05) is 5.02 Å². The van der Waals surface area contributed by atoms with Gasteiger partial charge < -0.3 is 5.32 Å². The average Bonchev–Trinajstić information content (AvgIpc) is 2.41. The second-order valence-electron chi connectivity index (χ2n) is 5.65. The molecule has 1 aromatic carbocycles. The van der Waals surface area contributed by atoms with Crippen molar-refractivity contribution in [2.24, 2.45) is 0 Å². The molecule has 3 rings (SSSR count). The van der Waals surface area contributed by atoms with Crippen LogP contribution in [-0.2, 0) is 4.79 Å². The van der Waals surface area contributed by atoms with Crippen LogP contribution >= 0.6 is 11.6 Å². The van der Waals surface area contributed by atoms with Crippen molar-refractivity contribution in [2.75, 3.05) is 4.90 Å². The number of benzene rings is 1. The standard InChI is InChI=1S/C15H17ClN2O2/c16-11-4-6-12(7-5-11)18-13(19)10-15(17-14(18)20)8-2-1-3-9-15/h4-7H,1-3,8-10H2,(H,17,20). The summed E-state index contributed by atoms with van der Waals surface area (Å²) >= 11 is 5.84. The molecule has 4 nitrogen and oxygen atoms in total. The molecule has 1 aliphatic heterocycles. The molecule has 106 valence electrons. The lowest BCUT2D eigenvalue weighted by Gasteiger charge is -2.43. The molecule has 1 heterocycles. The summed E-state index contributed by atoms with van der Waals surface area (Å²) in [6, 6.07) is 6.44. The number of hydrogen-bond acceptors (Lipinski definition) is 2. The van der Waals surface area contributed by atoms with E-state index in [4.69, 9.17) is 11.6 Å². The summed E-state index contributed by atoms with van der Waals surface area (Å²) < 4.78 is 0. The van der Waals surface area contributed by atoms with Gasteiger partial charge in [0.1, 0.15) is 0 Å². The summed E-state index contributed by atoms with van der Waals surface area (Å²) in [6.07, 6.45) is 5.54. The van der Waals surface area contributed by atoms with Gasteiger partial charge >= 0.3 is 6.03 Å². The highest BCUT2D eigenvalue weighted by molar-refractivity contribution is 6.30. The minimum atomic E-state index is -0.314. The van der Waals surface area contributed by atoms with Crippen LogP contribution in [0, 0.1) is 0 Å². The van der Waals surface area contributed by atoms with Gasteiger partial charge in [-0.05, 0) is 37.1 Å². The molecule has 1 spiro atoms. The molecule has 1 saturated heterocycles. The summed E-state index contributed by atoms with van der Waals surface area (Å²) in [5.41, 5.74) is 0.262. The fourth-order valence-electron chi connectivity index (χ4n) is 3.19. The van der Waals surface area contributed by atoms with Crippen molar-refractivity contribution >= 4 is 29.2 Å². The molecule has 1 N–H and O–H groups in total. The lowest BCUT2D eigenvalue weighted by molar-refractivity contribution is -0.120. The van der Waals surface area contributed by atoms with Gasteiger partial charge in [-0.1, -0.05) is 30.9 Å². The van der Waals surface area contributed by atoms with Crippen molar-refractivity contribution in [1.82, 2.24) is 5.32 Å². The first-order valence-electron chi connectivity index (χ1n) is 7.00. The van der Waals surface area contributed by atoms with E-state index in [9.17, 15) is 9.59 Å². The number of anilines is 1. The van der Waals surface area contributed by atoms with Crippen LogP contribution in [0.5, 0.6) is 0 Å². The van der Waals surface area contributed by atoms with Crippen molar-refractivity contribution in [3.8, 4) is 0 Å². The predicted molar refractivity (Wildman–Crippen MR) is 77.9 cm³/mol. The number of amides is 3. The number of carbonyl (C=O) groups excluding carboxylic acids is 2. The first-order chi connectivity index (χ1) is 9.60. The van der Waals surface area contributed by atoms with Gasteiger partial charge in [-0.2, -0.15) is 0 Å². The molecule has 20 heavy (non-hydrogen) atoms. The third-order valence-corrected chi connectivity index (χ3v) is 4.46. The monoisotopic (exact) mass is 292 g/mol. The minimum absolute atomic E-state index is 0.127. The van der Waals surface area contributed by atoms with Crippen molar-refractivity contribution in [3.63, 3.8) is 0 Å². The number of nitrogens with zero attached hydrogens (tertiary/aromatic N) is 1. The molecule has 0 unspecified atom stereocenters. The van der Waals surface area contributed by atoms with Gasteiger partial charge in [0.2, 0.25) is 5.91 Å². The van der Waals surface area contributed by atoms with Crippen LogP contribution in [0.25, 0.3) is 0 Å². The van der Waals surface area contributed by atoms with E-state index in [2.05, 4.69) is 5.32 Å². The van der Waals surface area contributed by atoms with Gasteiger partial charge in [0.05, 0.1) is 17.6 Å². The third-order valence-electron chi connectivity index (χ3n) is 4.21. The van der Waals surface area contributed by atoms with Crippen molar-refractivity contribution < 1.29 is 9.59 Å². The molecule has 1 aliphatic carbocycles. The van der Waals surface area contributed by atoms with E-state index in [0.29, 0.717) is 17.1 Å². The maximum Gasteiger partial charge on any atom is 0.329 e. The van der Waals surface area contributed by atoms with E-state index in [-0.39, 0.29) is 17.5 Å². The van der Waals surface area contributed by atoms with Gasteiger partial charge in [0.15, 0.2) is 0 Å². The molecule has 1 aromatic rings. The zero-order valence-electron chi connectivity index (χ0n) is 11.2. The van der Waals surface area contributed by atoms with Crippen LogP contribution < -0.4 is 10.2 Å². The Kier molecular flexibility index (Phi) is 3.42.